The van der Waals surface area contributed by atoms with Crippen LogP contribution in [0.3, 0.4) is 0 Å². The highest BCUT2D eigenvalue weighted by Gasteiger charge is 2.29. The zero-order chi connectivity index (χ0) is 13.8. The lowest BCUT2D eigenvalue weighted by Gasteiger charge is -2.21. The number of para-hydroxylation sites is 1. The minimum absolute atomic E-state index is 0.00421. The number of likely N-dealkylation sites (tertiary alicyclic amines) is 1. The molecule has 4 heteroatoms. The van der Waals surface area contributed by atoms with E-state index in [0.717, 1.165) is 13.0 Å². The number of hydrogen-bond donors (Lipinski definition) is 0. The highest BCUT2D eigenvalue weighted by Crippen LogP contribution is 2.23. The van der Waals surface area contributed by atoms with Gasteiger partial charge < -0.3 is 9.64 Å². The summed E-state index contributed by atoms with van der Waals surface area (Å²) in [5.74, 6) is 1.01. The van der Waals surface area contributed by atoms with Gasteiger partial charge in [-0.05, 0) is 31.4 Å². The first-order valence-corrected chi connectivity index (χ1v) is 6.53. The van der Waals surface area contributed by atoms with Crippen LogP contribution in [-0.4, -0.2) is 30.0 Å². The molecule has 2 atom stereocenters. The summed E-state index contributed by atoms with van der Waals surface area (Å²) in [7, 11) is 0. The second-order valence-corrected chi connectivity index (χ2v) is 5.13. The van der Waals surface area contributed by atoms with Gasteiger partial charge in [0.05, 0.1) is 5.56 Å². The zero-order valence-corrected chi connectivity index (χ0v) is 11.3. The van der Waals surface area contributed by atoms with Crippen molar-refractivity contribution in [3.8, 4) is 11.8 Å². The normalized spacial score (nSPS) is 22.1. The molecule has 1 heterocycles. The number of hydrogen-bond acceptors (Lipinski definition) is 3. The van der Waals surface area contributed by atoms with Crippen LogP contribution in [0, 0.1) is 17.2 Å². The second kappa shape index (κ2) is 5.75. The maximum atomic E-state index is 12.1. The molecule has 1 fully saturated rings. The lowest BCUT2D eigenvalue weighted by atomic mass is 10.1. The number of nitrogens with zero attached hydrogens (tertiary/aromatic N) is 2. The first-order valence-electron chi connectivity index (χ1n) is 6.53. The molecule has 100 valence electrons. The van der Waals surface area contributed by atoms with Crippen LogP contribution in [0.1, 0.15) is 25.8 Å². The Balaban J connectivity index is 1.96. The number of carbonyl (C=O) groups is 1. The van der Waals surface area contributed by atoms with E-state index >= 15 is 0 Å². The molecule has 0 saturated carbocycles. The largest absolute Gasteiger partial charge is 0.482 e. The van der Waals surface area contributed by atoms with Crippen LogP contribution >= 0.6 is 0 Å². The quantitative estimate of drug-likeness (QED) is 0.835. The minimum atomic E-state index is -0.00964. The molecular weight excluding hydrogens is 240 g/mol. The summed E-state index contributed by atoms with van der Waals surface area (Å²) in [5.41, 5.74) is 0.457. The van der Waals surface area contributed by atoms with E-state index in [1.807, 2.05) is 4.90 Å². The Morgan fingerprint density at radius 1 is 1.47 bits per heavy atom. The fourth-order valence-electron chi connectivity index (χ4n) is 2.55. The van der Waals surface area contributed by atoms with Crippen molar-refractivity contribution in [3.05, 3.63) is 29.8 Å². The summed E-state index contributed by atoms with van der Waals surface area (Å²) >= 11 is 0. The molecule has 0 aliphatic carbocycles. The summed E-state index contributed by atoms with van der Waals surface area (Å²) in [4.78, 5) is 14.0. The van der Waals surface area contributed by atoms with Gasteiger partial charge in [0, 0.05) is 12.6 Å². The third kappa shape index (κ3) is 3.05. The summed E-state index contributed by atoms with van der Waals surface area (Å²) in [6.45, 7) is 5.00. The van der Waals surface area contributed by atoms with Gasteiger partial charge in [-0.15, -0.1) is 0 Å². The minimum Gasteiger partial charge on any atom is -0.482 e. The Morgan fingerprint density at radius 2 is 2.21 bits per heavy atom. The average molecular weight is 258 g/mol. The van der Waals surface area contributed by atoms with Gasteiger partial charge in [-0.25, -0.2) is 0 Å². The number of carbonyl (C=O) groups excluding carboxylic acids is 1. The van der Waals surface area contributed by atoms with Crippen molar-refractivity contribution in [3.63, 3.8) is 0 Å². The van der Waals surface area contributed by atoms with Crippen molar-refractivity contribution in [1.82, 2.24) is 4.90 Å². The molecule has 1 aromatic carbocycles. The topological polar surface area (TPSA) is 53.3 Å². The van der Waals surface area contributed by atoms with E-state index in [4.69, 9.17) is 10.00 Å². The van der Waals surface area contributed by atoms with Crippen LogP contribution in [-0.2, 0) is 4.79 Å². The number of amides is 1. The van der Waals surface area contributed by atoms with Gasteiger partial charge in [-0.3, -0.25) is 4.79 Å². The Kier molecular flexibility index (Phi) is 4.06. The van der Waals surface area contributed by atoms with E-state index < -0.39 is 0 Å². The van der Waals surface area contributed by atoms with Crippen molar-refractivity contribution in [2.75, 3.05) is 13.2 Å². The molecule has 0 spiro atoms. The van der Waals surface area contributed by atoms with E-state index in [1.165, 1.54) is 0 Å². The predicted octanol–water partition coefficient (Wildman–Crippen LogP) is 2.19. The Hall–Kier alpha value is -2.02. The van der Waals surface area contributed by atoms with E-state index in [0.29, 0.717) is 17.2 Å². The average Bonchev–Trinajstić information content (AvgIpc) is 2.75. The zero-order valence-electron chi connectivity index (χ0n) is 11.3. The van der Waals surface area contributed by atoms with Crippen LogP contribution < -0.4 is 4.74 Å². The fourth-order valence-corrected chi connectivity index (χ4v) is 2.55. The van der Waals surface area contributed by atoms with E-state index in [-0.39, 0.29) is 18.6 Å². The lowest BCUT2D eigenvalue weighted by Crippen LogP contribution is -2.37. The molecule has 0 aromatic heterocycles. The van der Waals surface area contributed by atoms with Crippen LogP contribution in [0.5, 0.6) is 5.75 Å². The number of nitriles is 1. The van der Waals surface area contributed by atoms with Crippen molar-refractivity contribution >= 4 is 5.91 Å². The third-order valence-corrected chi connectivity index (χ3v) is 3.46. The highest BCUT2D eigenvalue weighted by molar-refractivity contribution is 5.78. The first kappa shape index (κ1) is 13.4. The molecule has 2 unspecified atom stereocenters. The molecule has 0 bridgehead atoms. The Labute approximate surface area is 113 Å². The molecule has 1 amide bonds. The number of ether oxygens (including phenoxy) is 1. The maximum Gasteiger partial charge on any atom is 0.260 e. The van der Waals surface area contributed by atoms with E-state index in [9.17, 15) is 4.79 Å². The van der Waals surface area contributed by atoms with Crippen LogP contribution in [0.2, 0.25) is 0 Å². The van der Waals surface area contributed by atoms with Crippen molar-refractivity contribution in [2.45, 2.75) is 26.3 Å². The SMILES string of the molecule is CC1CC(C)N(C(=O)COc2ccccc2C#N)C1. The summed E-state index contributed by atoms with van der Waals surface area (Å²) < 4.78 is 5.47. The Bertz CT molecular complexity index is 507. The molecule has 0 radical (unpaired) electrons. The van der Waals surface area contributed by atoms with Crippen molar-refractivity contribution in [1.29, 1.82) is 5.26 Å². The van der Waals surface area contributed by atoms with Gasteiger partial charge in [-0.1, -0.05) is 19.1 Å². The maximum absolute atomic E-state index is 12.1. The molecular formula is C15H18N2O2. The lowest BCUT2D eigenvalue weighted by molar-refractivity contribution is -0.134. The van der Waals surface area contributed by atoms with Crippen molar-refractivity contribution < 1.29 is 9.53 Å². The third-order valence-electron chi connectivity index (χ3n) is 3.46. The fraction of sp³-hybridized carbons (Fsp3) is 0.467. The molecule has 1 aliphatic rings. The summed E-state index contributed by atoms with van der Waals surface area (Å²) in [5, 5.41) is 8.95. The smallest absolute Gasteiger partial charge is 0.260 e. The molecule has 19 heavy (non-hydrogen) atoms. The molecule has 1 aromatic rings. The van der Waals surface area contributed by atoms with E-state index in [2.05, 4.69) is 19.9 Å². The van der Waals surface area contributed by atoms with Gasteiger partial charge in [0.25, 0.3) is 5.91 Å². The first-order chi connectivity index (χ1) is 9.11. The summed E-state index contributed by atoms with van der Waals surface area (Å²) in [6, 6.07) is 9.29. The monoisotopic (exact) mass is 258 g/mol. The van der Waals surface area contributed by atoms with Gasteiger partial charge in [0.1, 0.15) is 11.8 Å². The molecule has 4 nitrogen and oxygen atoms in total. The second-order valence-electron chi connectivity index (χ2n) is 5.13. The van der Waals surface area contributed by atoms with Crippen LogP contribution in [0.25, 0.3) is 0 Å². The Morgan fingerprint density at radius 3 is 2.84 bits per heavy atom. The van der Waals surface area contributed by atoms with Gasteiger partial charge in [0.2, 0.25) is 0 Å². The van der Waals surface area contributed by atoms with Crippen molar-refractivity contribution in [2.24, 2.45) is 5.92 Å². The molecule has 1 saturated heterocycles. The number of benzene rings is 1. The van der Waals surface area contributed by atoms with Gasteiger partial charge in [-0.2, -0.15) is 5.26 Å². The standard InChI is InChI=1S/C15H18N2O2/c1-11-7-12(2)17(9-11)15(18)10-19-14-6-4-3-5-13(14)8-16/h3-6,11-12H,7,9-10H2,1-2H3. The van der Waals surface area contributed by atoms with E-state index in [1.54, 1.807) is 24.3 Å². The predicted molar refractivity (Wildman–Crippen MR) is 71.6 cm³/mol. The number of rotatable bonds is 3. The molecule has 0 N–H and O–H groups in total. The molecule has 1 aliphatic heterocycles. The molecule has 2 rings (SSSR count). The van der Waals surface area contributed by atoms with Gasteiger partial charge >= 0.3 is 0 Å². The van der Waals surface area contributed by atoms with Crippen LogP contribution in [0.15, 0.2) is 24.3 Å². The van der Waals surface area contributed by atoms with Gasteiger partial charge in [0.15, 0.2) is 6.61 Å². The summed E-state index contributed by atoms with van der Waals surface area (Å²) in [6.07, 6.45) is 1.04. The highest BCUT2D eigenvalue weighted by atomic mass is 16.5. The van der Waals surface area contributed by atoms with Crippen LogP contribution in [0.4, 0.5) is 0 Å².